The van der Waals surface area contributed by atoms with Crippen LogP contribution in [-0.2, 0) is 0 Å². The maximum absolute atomic E-state index is 5.56. The Morgan fingerprint density at radius 2 is 2.19 bits per heavy atom. The molecular formula is C15H20N4OS. The second kappa shape index (κ2) is 6.58. The van der Waals surface area contributed by atoms with Gasteiger partial charge in [-0.2, -0.15) is 5.10 Å². The van der Waals surface area contributed by atoms with Crippen molar-refractivity contribution in [3.8, 4) is 5.75 Å². The normalized spacial score (nSPS) is 11.3. The lowest BCUT2D eigenvalue weighted by atomic mass is 9.97. The molecule has 0 spiro atoms. The molecule has 0 aliphatic carbocycles. The zero-order valence-corrected chi connectivity index (χ0v) is 13.5. The minimum atomic E-state index is 0.388. The fourth-order valence-corrected chi connectivity index (χ4v) is 2.53. The number of aryl methyl sites for hydroxylation is 1. The summed E-state index contributed by atoms with van der Waals surface area (Å²) < 4.78 is 5.44. The molecule has 0 unspecified atom stereocenters. The van der Waals surface area contributed by atoms with Gasteiger partial charge in [-0.25, -0.2) is 4.98 Å². The van der Waals surface area contributed by atoms with Gasteiger partial charge in [0, 0.05) is 5.38 Å². The van der Waals surface area contributed by atoms with E-state index in [4.69, 9.17) is 10.5 Å². The fourth-order valence-electron chi connectivity index (χ4n) is 1.98. The summed E-state index contributed by atoms with van der Waals surface area (Å²) >= 11 is 1.42. The molecule has 0 amide bonds. The molecule has 1 aromatic carbocycles. The molecule has 21 heavy (non-hydrogen) atoms. The van der Waals surface area contributed by atoms with Gasteiger partial charge in [0.1, 0.15) is 11.6 Å². The molecule has 112 valence electrons. The second-order valence-corrected chi connectivity index (χ2v) is 5.91. The standard InChI is InChI=1S/C15H20N4OS/c1-9(2)12-6-11(10(3)5-13(12)20-4)7-17-19-15-18-14(16)8-21-15/h5-9H,16H2,1-4H3,(H,18,19). The molecule has 3 N–H and O–H groups in total. The number of methoxy groups -OCH3 is 1. The number of hydrogen-bond donors (Lipinski definition) is 2. The van der Waals surface area contributed by atoms with Crippen LogP contribution in [0.2, 0.25) is 0 Å². The van der Waals surface area contributed by atoms with Gasteiger partial charge in [0.15, 0.2) is 0 Å². The number of rotatable bonds is 5. The highest BCUT2D eigenvalue weighted by molar-refractivity contribution is 7.14. The molecular weight excluding hydrogens is 284 g/mol. The highest BCUT2D eigenvalue weighted by Gasteiger charge is 2.10. The molecule has 0 aliphatic rings. The molecule has 2 aromatic rings. The molecule has 0 aliphatic heterocycles. The van der Waals surface area contributed by atoms with Crippen molar-refractivity contribution in [2.45, 2.75) is 26.7 Å². The highest BCUT2D eigenvalue weighted by atomic mass is 32.1. The zero-order chi connectivity index (χ0) is 15.4. The number of aromatic nitrogens is 1. The van der Waals surface area contributed by atoms with E-state index < -0.39 is 0 Å². The van der Waals surface area contributed by atoms with Gasteiger partial charge >= 0.3 is 0 Å². The van der Waals surface area contributed by atoms with Crippen LogP contribution in [0.4, 0.5) is 10.9 Å². The Hall–Kier alpha value is -2.08. The summed E-state index contributed by atoms with van der Waals surface area (Å²) in [4.78, 5) is 4.09. The Kier molecular flexibility index (Phi) is 4.80. The SMILES string of the molecule is COc1cc(C)c(C=NNc2nc(N)cs2)cc1C(C)C. The van der Waals surface area contributed by atoms with E-state index in [1.54, 1.807) is 18.7 Å². The van der Waals surface area contributed by atoms with Crippen molar-refractivity contribution in [2.24, 2.45) is 5.10 Å². The van der Waals surface area contributed by atoms with E-state index in [1.807, 2.05) is 13.0 Å². The van der Waals surface area contributed by atoms with Gasteiger partial charge in [-0.1, -0.05) is 13.8 Å². The Labute approximate surface area is 128 Å². The van der Waals surface area contributed by atoms with Crippen LogP contribution in [-0.4, -0.2) is 18.3 Å². The van der Waals surface area contributed by atoms with E-state index in [1.165, 1.54) is 16.9 Å². The molecule has 1 aromatic heterocycles. The Morgan fingerprint density at radius 1 is 1.43 bits per heavy atom. The number of nitrogens with zero attached hydrogens (tertiary/aromatic N) is 2. The summed E-state index contributed by atoms with van der Waals surface area (Å²) in [6.45, 7) is 6.32. The van der Waals surface area contributed by atoms with E-state index in [-0.39, 0.29) is 0 Å². The number of benzene rings is 1. The summed E-state index contributed by atoms with van der Waals surface area (Å²) in [6.07, 6.45) is 1.79. The molecule has 0 fully saturated rings. The van der Waals surface area contributed by atoms with Crippen LogP contribution < -0.4 is 15.9 Å². The van der Waals surface area contributed by atoms with Crippen molar-refractivity contribution in [1.29, 1.82) is 0 Å². The average molecular weight is 304 g/mol. The third-order valence-corrected chi connectivity index (χ3v) is 3.89. The van der Waals surface area contributed by atoms with E-state index in [0.29, 0.717) is 16.9 Å². The van der Waals surface area contributed by atoms with Crippen LogP contribution in [0.25, 0.3) is 0 Å². The number of thiazole rings is 1. The topological polar surface area (TPSA) is 72.5 Å². The summed E-state index contributed by atoms with van der Waals surface area (Å²) in [5.41, 5.74) is 11.8. The van der Waals surface area contributed by atoms with Crippen LogP contribution in [0, 0.1) is 6.92 Å². The van der Waals surface area contributed by atoms with Crippen molar-refractivity contribution in [2.75, 3.05) is 18.3 Å². The maximum Gasteiger partial charge on any atom is 0.205 e. The summed E-state index contributed by atoms with van der Waals surface area (Å²) in [5, 5.41) is 6.67. The summed E-state index contributed by atoms with van der Waals surface area (Å²) in [5.74, 6) is 1.81. The first-order valence-corrected chi connectivity index (χ1v) is 7.57. The maximum atomic E-state index is 5.56. The van der Waals surface area contributed by atoms with Gasteiger partial charge < -0.3 is 10.5 Å². The van der Waals surface area contributed by atoms with E-state index in [2.05, 4.69) is 35.4 Å². The minimum Gasteiger partial charge on any atom is -0.496 e. The predicted octanol–water partition coefficient (Wildman–Crippen LogP) is 3.61. The first kappa shape index (κ1) is 15.3. The van der Waals surface area contributed by atoms with Crippen molar-refractivity contribution in [1.82, 2.24) is 4.98 Å². The van der Waals surface area contributed by atoms with Crippen LogP contribution in [0.3, 0.4) is 0 Å². The first-order valence-electron chi connectivity index (χ1n) is 6.70. The molecule has 2 rings (SSSR count). The number of nitrogen functional groups attached to an aromatic ring is 1. The van der Waals surface area contributed by atoms with Gasteiger partial charge in [-0.3, -0.25) is 5.43 Å². The number of hydrazone groups is 1. The monoisotopic (exact) mass is 304 g/mol. The van der Waals surface area contributed by atoms with Gasteiger partial charge in [-0.05, 0) is 41.7 Å². The third-order valence-electron chi connectivity index (χ3n) is 3.13. The zero-order valence-electron chi connectivity index (χ0n) is 12.7. The molecule has 1 heterocycles. The fraction of sp³-hybridized carbons (Fsp3) is 0.333. The van der Waals surface area contributed by atoms with E-state index in [0.717, 1.165) is 16.9 Å². The van der Waals surface area contributed by atoms with Gasteiger partial charge in [-0.15, -0.1) is 11.3 Å². The second-order valence-electron chi connectivity index (χ2n) is 5.05. The molecule has 0 bridgehead atoms. The minimum absolute atomic E-state index is 0.388. The average Bonchev–Trinajstić information content (AvgIpc) is 2.85. The summed E-state index contributed by atoms with van der Waals surface area (Å²) in [7, 11) is 1.70. The van der Waals surface area contributed by atoms with Gasteiger partial charge in [0.25, 0.3) is 0 Å². The van der Waals surface area contributed by atoms with Crippen LogP contribution >= 0.6 is 11.3 Å². The van der Waals surface area contributed by atoms with Crippen LogP contribution in [0.1, 0.15) is 36.5 Å². The largest absolute Gasteiger partial charge is 0.496 e. The third kappa shape index (κ3) is 3.72. The lowest BCUT2D eigenvalue weighted by Gasteiger charge is -2.14. The van der Waals surface area contributed by atoms with Crippen molar-refractivity contribution >= 4 is 28.5 Å². The number of hydrogen-bond acceptors (Lipinski definition) is 6. The Morgan fingerprint density at radius 3 is 2.76 bits per heavy atom. The molecule has 0 radical (unpaired) electrons. The number of ether oxygens (including phenoxy) is 1. The number of anilines is 2. The highest BCUT2D eigenvalue weighted by Crippen LogP contribution is 2.29. The lowest BCUT2D eigenvalue weighted by molar-refractivity contribution is 0.407. The van der Waals surface area contributed by atoms with E-state index in [9.17, 15) is 0 Å². The molecule has 5 nitrogen and oxygen atoms in total. The predicted molar refractivity (Wildman–Crippen MR) is 89.6 cm³/mol. The van der Waals surface area contributed by atoms with E-state index >= 15 is 0 Å². The first-order chi connectivity index (χ1) is 10.0. The number of nitrogens with one attached hydrogen (secondary N) is 1. The molecule has 0 atom stereocenters. The lowest BCUT2D eigenvalue weighted by Crippen LogP contribution is -1.99. The Bertz CT molecular complexity index is 649. The van der Waals surface area contributed by atoms with Gasteiger partial charge in [0.2, 0.25) is 5.13 Å². The quantitative estimate of drug-likeness (QED) is 0.654. The molecule has 6 heteroatoms. The number of nitrogens with two attached hydrogens (primary N) is 1. The molecule has 0 saturated carbocycles. The van der Waals surface area contributed by atoms with Crippen molar-refractivity contribution < 1.29 is 4.74 Å². The van der Waals surface area contributed by atoms with Crippen LogP contribution in [0.5, 0.6) is 5.75 Å². The molecule has 0 saturated heterocycles. The van der Waals surface area contributed by atoms with Crippen LogP contribution in [0.15, 0.2) is 22.6 Å². The smallest absolute Gasteiger partial charge is 0.205 e. The van der Waals surface area contributed by atoms with Crippen molar-refractivity contribution in [3.05, 3.63) is 34.2 Å². The Balaban J connectivity index is 2.21. The summed E-state index contributed by atoms with van der Waals surface area (Å²) in [6, 6.07) is 4.15. The van der Waals surface area contributed by atoms with Gasteiger partial charge in [0.05, 0.1) is 13.3 Å². The van der Waals surface area contributed by atoms with Crippen molar-refractivity contribution in [3.63, 3.8) is 0 Å².